The lowest BCUT2D eigenvalue weighted by Crippen LogP contribution is -2.50. The van der Waals surface area contributed by atoms with Crippen LogP contribution in [0.4, 0.5) is 5.82 Å². The van der Waals surface area contributed by atoms with Gasteiger partial charge in [0.1, 0.15) is 6.10 Å². The Balaban J connectivity index is 2.23. The summed E-state index contributed by atoms with van der Waals surface area (Å²) >= 11 is 0. The number of oxime groups is 1. The molecule has 0 radical (unpaired) electrons. The molecule has 8 heteroatoms. The number of anilines is 1. The average Bonchev–Trinajstić information content (AvgIpc) is 2.49. The molecule has 1 saturated heterocycles. The van der Waals surface area contributed by atoms with E-state index in [-0.39, 0.29) is 11.4 Å². The van der Waals surface area contributed by atoms with Crippen LogP contribution in [0, 0.1) is 0 Å². The van der Waals surface area contributed by atoms with Crippen molar-refractivity contribution in [2.75, 3.05) is 24.6 Å². The Bertz CT molecular complexity index is 542. The maximum atomic E-state index is 12.3. The molecule has 2 heterocycles. The third-order valence-corrected chi connectivity index (χ3v) is 3.17. The van der Waals surface area contributed by atoms with Crippen LogP contribution in [0.25, 0.3) is 0 Å². The summed E-state index contributed by atoms with van der Waals surface area (Å²) in [6, 6.07) is 0. The van der Waals surface area contributed by atoms with Crippen LogP contribution >= 0.6 is 0 Å². The molecule has 0 bridgehead atoms. The fourth-order valence-electron chi connectivity index (χ4n) is 2.15. The van der Waals surface area contributed by atoms with Crippen molar-refractivity contribution < 1.29 is 9.94 Å². The molecule has 0 amide bonds. The lowest BCUT2D eigenvalue weighted by Gasteiger charge is -2.32. The van der Waals surface area contributed by atoms with E-state index in [1.165, 1.54) is 0 Å². The molecule has 0 saturated carbocycles. The third kappa shape index (κ3) is 2.90. The Morgan fingerprint density at radius 3 is 3.20 bits per heavy atom. The Morgan fingerprint density at radius 1 is 1.70 bits per heavy atom. The molecule has 1 aromatic heterocycles. The number of amidine groups is 1. The molecule has 110 valence electrons. The molecule has 8 nitrogen and oxygen atoms in total. The van der Waals surface area contributed by atoms with E-state index in [9.17, 15) is 4.79 Å². The molecule has 0 aliphatic carbocycles. The maximum Gasteiger partial charge on any atom is 0.293 e. The highest BCUT2D eigenvalue weighted by molar-refractivity contribution is 5.85. The molecule has 1 aliphatic rings. The summed E-state index contributed by atoms with van der Waals surface area (Å²) in [4.78, 5) is 18.3. The van der Waals surface area contributed by atoms with Gasteiger partial charge in [-0.1, -0.05) is 12.1 Å². The average molecular weight is 281 g/mol. The summed E-state index contributed by atoms with van der Waals surface area (Å²) in [7, 11) is 0. The van der Waals surface area contributed by atoms with Crippen molar-refractivity contribution >= 4 is 11.7 Å². The molecule has 1 unspecified atom stereocenters. The van der Waals surface area contributed by atoms with E-state index in [1.54, 1.807) is 21.9 Å². The Hall–Kier alpha value is -2.09. The second-order valence-electron chi connectivity index (χ2n) is 4.58. The quantitative estimate of drug-likeness (QED) is 0.337. The number of aryl methyl sites for hydroxylation is 1. The van der Waals surface area contributed by atoms with Crippen LogP contribution in [0.1, 0.15) is 13.3 Å². The van der Waals surface area contributed by atoms with Gasteiger partial charge in [-0.25, -0.2) is 4.98 Å². The first kappa shape index (κ1) is 14.3. The Labute approximate surface area is 116 Å². The van der Waals surface area contributed by atoms with Gasteiger partial charge in [0.25, 0.3) is 5.56 Å². The first-order valence-electron chi connectivity index (χ1n) is 6.56. The van der Waals surface area contributed by atoms with Gasteiger partial charge in [0.05, 0.1) is 13.2 Å². The second-order valence-corrected chi connectivity index (χ2v) is 4.58. The number of nitrogens with two attached hydrogens (primary N) is 1. The largest absolute Gasteiger partial charge is 0.409 e. The molecule has 1 atom stereocenters. The number of nitrogens with zero attached hydrogens (tertiary/aromatic N) is 4. The summed E-state index contributed by atoms with van der Waals surface area (Å²) in [5, 5.41) is 11.6. The van der Waals surface area contributed by atoms with E-state index in [0.717, 1.165) is 6.42 Å². The number of morpholine rings is 1. The summed E-state index contributed by atoms with van der Waals surface area (Å²) < 4.78 is 7.04. The highest BCUT2D eigenvalue weighted by Gasteiger charge is 2.26. The summed E-state index contributed by atoms with van der Waals surface area (Å²) in [6.45, 7) is 3.95. The standard InChI is InChI=1S/C12H19N5O3/c1-2-4-16-5-3-14-11(12(16)18)17-6-7-20-9(8-17)10(13)15-19/h3,5,9,19H,2,4,6-8H2,1H3,(H2,13,15). The Morgan fingerprint density at radius 2 is 2.50 bits per heavy atom. The van der Waals surface area contributed by atoms with Gasteiger partial charge in [0.2, 0.25) is 0 Å². The monoisotopic (exact) mass is 281 g/mol. The second kappa shape index (κ2) is 6.38. The van der Waals surface area contributed by atoms with Crippen LogP contribution in [-0.2, 0) is 11.3 Å². The zero-order chi connectivity index (χ0) is 14.5. The van der Waals surface area contributed by atoms with Crippen molar-refractivity contribution in [1.29, 1.82) is 0 Å². The van der Waals surface area contributed by atoms with E-state index in [2.05, 4.69) is 10.1 Å². The van der Waals surface area contributed by atoms with Crippen molar-refractivity contribution in [3.63, 3.8) is 0 Å². The van der Waals surface area contributed by atoms with E-state index < -0.39 is 6.10 Å². The molecule has 1 fully saturated rings. The number of aromatic nitrogens is 2. The minimum atomic E-state index is -0.533. The first-order valence-corrected chi connectivity index (χ1v) is 6.56. The lowest BCUT2D eigenvalue weighted by atomic mass is 10.2. The fraction of sp³-hybridized carbons (Fsp3) is 0.583. The zero-order valence-electron chi connectivity index (χ0n) is 11.4. The molecule has 1 aromatic rings. The predicted molar refractivity (Wildman–Crippen MR) is 74.1 cm³/mol. The lowest BCUT2D eigenvalue weighted by molar-refractivity contribution is 0.0802. The highest BCUT2D eigenvalue weighted by atomic mass is 16.5. The fourth-order valence-corrected chi connectivity index (χ4v) is 2.15. The molecule has 1 aliphatic heterocycles. The van der Waals surface area contributed by atoms with Crippen molar-refractivity contribution in [2.45, 2.75) is 26.0 Å². The maximum absolute atomic E-state index is 12.3. The van der Waals surface area contributed by atoms with E-state index in [4.69, 9.17) is 15.7 Å². The molecular formula is C12H19N5O3. The van der Waals surface area contributed by atoms with Gasteiger partial charge in [-0.15, -0.1) is 0 Å². The van der Waals surface area contributed by atoms with Crippen molar-refractivity contribution in [2.24, 2.45) is 10.9 Å². The van der Waals surface area contributed by atoms with Gasteiger partial charge in [0, 0.05) is 25.5 Å². The molecule has 3 N–H and O–H groups in total. The van der Waals surface area contributed by atoms with Crippen molar-refractivity contribution in [1.82, 2.24) is 9.55 Å². The van der Waals surface area contributed by atoms with E-state index >= 15 is 0 Å². The van der Waals surface area contributed by atoms with Crippen molar-refractivity contribution in [3.05, 3.63) is 22.7 Å². The number of hydrogen-bond donors (Lipinski definition) is 2. The molecule has 0 spiro atoms. The van der Waals surface area contributed by atoms with Gasteiger partial charge >= 0.3 is 0 Å². The first-order chi connectivity index (χ1) is 9.67. The van der Waals surface area contributed by atoms with E-state index in [1.807, 2.05) is 6.92 Å². The summed E-state index contributed by atoms with van der Waals surface area (Å²) in [5.74, 6) is 0.375. The summed E-state index contributed by atoms with van der Waals surface area (Å²) in [6.07, 6.45) is 3.63. The molecular weight excluding hydrogens is 262 g/mol. The van der Waals surface area contributed by atoms with Crippen LogP contribution in [0.3, 0.4) is 0 Å². The zero-order valence-corrected chi connectivity index (χ0v) is 11.4. The smallest absolute Gasteiger partial charge is 0.293 e. The topological polar surface area (TPSA) is 106 Å². The van der Waals surface area contributed by atoms with Gasteiger partial charge in [-0.05, 0) is 6.42 Å². The van der Waals surface area contributed by atoms with Crippen LogP contribution in [-0.4, -0.2) is 46.4 Å². The van der Waals surface area contributed by atoms with Crippen LogP contribution in [0.5, 0.6) is 0 Å². The normalized spacial score (nSPS) is 20.1. The van der Waals surface area contributed by atoms with E-state index in [0.29, 0.717) is 32.1 Å². The minimum Gasteiger partial charge on any atom is -0.409 e. The predicted octanol–water partition coefficient (Wildman–Crippen LogP) is -0.395. The van der Waals surface area contributed by atoms with Crippen LogP contribution < -0.4 is 16.2 Å². The SMILES string of the molecule is CCCn1ccnc(N2CCOC(C(N)=NO)C2)c1=O. The highest BCUT2D eigenvalue weighted by Crippen LogP contribution is 2.11. The third-order valence-electron chi connectivity index (χ3n) is 3.17. The number of hydrogen-bond acceptors (Lipinski definition) is 6. The number of rotatable bonds is 4. The Kier molecular flexibility index (Phi) is 4.57. The summed E-state index contributed by atoms with van der Waals surface area (Å²) in [5.41, 5.74) is 5.42. The van der Waals surface area contributed by atoms with Crippen LogP contribution in [0.2, 0.25) is 0 Å². The molecule has 2 rings (SSSR count). The molecule has 0 aromatic carbocycles. The molecule has 20 heavy (non-hydrogen) atoms. The van der Waals surface area contributed by atoms with Gasteiger partial charge in [-0.2, -0.15) is 0 Å². The van der Waals surface area contributed by atoms with Gasteiger partial charge < -0.3 is 25.1 Å². The number of ether oxygens (including phenoxy) is 1. The minimum absolute atomic E-state index is 0.000449. The van der Waals surface area contributed by atoms with Gasteiger partial charge in [-0.3, -0.25) is 4.79 Å². The van der Waals surface area contributed by atoms with Crippen LogP contribution in [0.15, 0.2) is 22.3 Å². The van der Waals surface area contributed by atoms with Crippen molar-refractivity contribution in [3.8, 4) is 0 Å². The van der Waals surface area contributed by atoms with Gasteiger partial charge in [0.15, 0.2) is 11.7 Å².